The molecule has 120 valence electrons. The monoisotopic (exact) mass is 331 g/mol. The number of carbonyl (C=O) groups excluding carboxylic acids is 1. The molecule has 1 spiro atoms. The number of aromatic nitrogens is 2. The van der Waals surface area contributed by atoms with E-state index in [2.05, 4.69) is 9.97 Å². The van der Waals surface area contributed by atoms with Crippen molar-refractivity contribution in [3.63, 3.8) is 0 Å². The van der Waals surface area contributed by atoms with Crippen molar-refractivity contribution in [2.45, 2.75) is 23.9 Å². The van der Waals surface area contributed by atoms with Crippen LogP contribution >= 0.6 is 11.8 Å². The topological polar surface area (TPSA) is 68.5 Å². The van der Waals surface area contributed by atoms with Crippen molar-refractivity contribution < 1.29 is 13.9 Å². The van der Waals surface area contributed by atoms with E-state index in [9.17, 15) is 4.79 Å². The predicted molar refractivity (Wildman–Crippen MR) is 85.0 cm³/mol. The number of ether oxygens (including phenoxy) is 1. The van der Waals surface area contributed by atoms with E-state index in [0.29, 0.717) is 12.3 Å². The number of hydrogen-bond acceptors (Lipinski definition) is 6. The summed E-state index contributed by atoms with van der Waals surface area (Å²) < 4.78 is 11.0. The summed E-state index contributed by atoms with van der Waals surface area (Å²) in [5.41, 5.74) is 1.47. The first-order chi connectivity index (χ1) is 11.2. The van der Waals surface area contributed by atoms with Gasteiger partial charge in [0.05, 0.1) is 17.5 Å². The highest BCUT2D eigenvalue weighted by atomic mass is 32.2. The van der Waals surface area contributed by atoms with Gasteiger partial charge >= 0.3 is 0 Å². The molecule has 1 amide bonds. The van der Waals surface area contributed by atoms with Gasteiger partial charge in [0.2, 0.25) is 0 Å². The third-order valence-electron chi connectivity index (χ3n) is 4.28. The van der Waals surface area contributed by atoms with Crippen LogP contribution in [0.5, 0.6) is 0 Å². The van der Waals surface area contributed by atoms with Gasteiger partial charge in [0, 0.05) is 31.2 Å². The molecule has 1 unspecified atom stereocenters. The minimum atomic E-state index is -0.0512. The van der Waals surface area contributed by atoms with E-state index in [1.54, 1.807) is 6.20 Å². The van der Waals surface area contributed by atoms with E-state index >= 15 is 0 Å². The molecule has 1 atom stereocenters. The van der Waals surface area contributed by atoms with Gasteiger partial charge in [0.15, 0.2) is 12.1 Å². The number of carbonyl (C=O) groups is 1. The Morgan fingerprint density at radius 3 is 3.17 bits per heavy atom. The van der Waals surface area contributed by atoms with Crippen LogP contribution in [0.4, 0.5) is 0 Å². The second-order valence-corrected chi connectivity index (χ2v) is 7.52. The molecule has 4 rings (SSSR count). The maximum Gasteiger partial charge on any atom is 0.275 e. The maximum absolute atomic E-state index is 12.2. The van der Waals surface area contributed by atoms with Crippen LogP contribution in [0.3, 0.4) is 0 Å². The highest BCUT2D eigenvalue weighted by Gasteiger charge is 2.51. The number of thioether (sulfide) groups is 1. The fourth-order valence-corrected chi connectivity index (χ4v) is 4.65. The Kier molecular flexibility index (Phi) is 3.82. The Morgan fingerprint density at radius 1 is 1.52 bits per heavy atom. The summed E-state index contributed by atoms with van der Waals surface area (Å²) in [6.45, 7) is 2.11. The fraction of sp³-hybridized carbons (Fsp3) is 0.438. The van der Waals surface area contributed by atoms with Gasteiger partial charge in [0.1, 0.15) is 6.26 Å². The van der Waals surface area contributed by atoms with Crippen molar-refractivity contribution >= 4 is 17.7 Å². The maximum atomic E-state index is 12.2. The lowest BCUT2D eigenvalue weighted by Gasteiger charge is -2.47. The Balaban J connectivity index is 1.27. The van der Waals surface area contributed by atoms with E-state index in [1.807, 2.05) is 35.0 Å². The standard InChI is InChI=1S/C16H17N3O3S/c20-15(14-7-21-11-18-14)19-9-16(10-19)4-13(8-23-16)22-6-12-2-1-3-17-5-12/h1-3,5,7,11,13H,4,6,8-10H2. The SMILES string of the molecule is O=C(c1cocn1)N1CC2(CC(OCc3cccnc3)CS2)C1. The van der Waals surface area contributed by atoms with E-state index in [-0.39, 0.29) is 16.8 Å². The summed E-state index contributed by atoms with van der Waals surface area (Å²) in [4.78, 5) is 22.0. The number of hydrogen-bond donors (Lipinski definition) is 0. The van der Waals surface area contributed by atoms with E-state index < -0.39 is 0 Å². The molecule has 2 aliphatic rings. The molecule has 23 heavy (non-hydrogen) atoms. The van der Waals surface area contributed by atoms with E-state index in [4.69, 9.17) is 9.15 Å². The molecule has 2 aromatic rings. The first kappa shape index (κ1) is 14.7. The number of nitrogens with zero attached hydrogens (tertiary/aromatic N) is 3. The molecule has 0 saturated carbocycles. The van der Waals surface area contributed by atoms with E-state index in [1.165, 1.54) is 12.7 Å². The van der Waals surface area contributed by atoms with Gasteiger partial charge in [-0.15, -0.1) is 11.8 Å². The number of rotatable bonds is 4. The van der Waals surface area contributed by atoms with Crippen molar-refractivity contribution in [1.82, 2.24) is 14.9 Å². The van der Waals surface area contributed by atoms with Gasteiger partial charge in [-0.3, -0.25) is 9.78 Å². The Hall–Kier alpha value is -1.86. The summed E-state index contributed by atoms with van der Waals surface area (Å²) in [7, 11) is 0. The Morgan fingerprint density at radius 2 is 2.43 bits per heavy atom. The van der Waals surface area contributed by atoms with Crippen LogP contribution in [-0.4, -0.2) is 50.5 Å². The lowest BCUT2D eigenvalue weighted by molar-refractivity contribution is 0.0252. The summed E-state index contributed by atoms with van der Waals surface area (Å²) in [6.07, 6.45) is 7.51. The van der Waals surface area contributed by atoms with Crippen LogP contribution < -0.4 is 0 Å². The largest absolute Gasteiger partial charge is 0.451 e. The molecule has 0 bridgehead atoms. The molecule has 6 nitrogen and oxygen atoms in total. The van der Waals surface area contributed by atoms with Crippen LogP contribution in [-0.2, 0) is 11.3 Å². The summed E-state index contributed by atoms with van der Waals surface area (Å²) >= 11 is 1.91. The highest BCUT2D eigenvalue weighted by Crippen LogP contribution is 2.46. The van der Waals surface area contributed by atoms with Gasteiger partial charge in [-0.1, -0.05) is 6.07 Å². The molecule has 0 aromatic carbocycles. The predicted octanol–water partition coefficient (Wildman–Crippen LogP) is 1.99. The molecular weight excluding hydrogens is 314 g/mol. The number of oxazole rings is 1. The van der Waals surface area contributed by atoms with Gasteiger partial charge < -0.3 is 14.1 Å². The van der Waals surface area contributed by atoms with Gasteiger partial charge in [0.25, 0.3) is 5.91 Å². The molecular formula is C16H17N3O3S. The van der Waals surface area contributed by atoms with Crippen LogP contribution in [0.1, 0.15) is 22.5 Å². The normalized spacial score (nSPS) is 22.3. The Labute approximate surface area is 138 Å². The average molecular weight is 331 g/mol. The molecule has 0 N–H and O–H groups in total. The van der Waals surface area contributed by atoms with Gasteiger partial charge in [-0.25, -0.2) is 4.98 Å². The summed E-state index contributed by atoms with van der Waals surface area (Å²) in [5, 5.41) is 0. The van der Waals surface area contributed by atoms with E-state index in [0.717, 1.165) is 30.8 Å². The van der Waals surface area contributed by atoms with Crippen molar-refractivity contribution in [2.24, 2.45) is 0 Å². The number of pyridine rings is 1. The quantitative estimate of drug-likeness (QED) is 0.853. The third-order valence-corrected chi connectivity index (χ3v) is 5.86. The smallest absolute Gasteiger partial charge is 0.275 e. The van der Waals surface area contributed by atoms with Crippen LogP contribution in [0, 0.1) is 0 Å². The van der Waals surface area contributed by atoms with Crippen LogP contribution in [0.2, 0.25) is 0 Å². The summed E-state index contributed by atoms with van der Waals surface area (Å²) in [6, 6.07) is 3.94. The Bertz CT molecular complexity index is 671. The van der Waals surface area contributed by atoms with Crippen LogP contribution in [0.25, 0.3) is 0 Å². The van der Waals surface area contributed by atoms with Gasteiger partial charge in [-0.2, -0.15) is 0 Å². The average Bonchev–Trinajstić information content (AvgIpc) is 3.22. The van der Waals surface area contributed by atoms with Crippen molar-refractivity contribution in [3.8, 4) is 0 Å². The second-order valence-electron chi connectivity index (χ2n) is 6.03. The zero-order valence-electron chi connectivity index (χ0n) is 12.6. The fourth-order valence-electron chi connectivity index (χ4n) is 3.10. The molecule has 7 heteroatoms. The molecule has 0 aliphatic carbocycles. The van der Waals surface area contributed by atoms with Crippen LogP contribution in [0.15, 0.2) is 41.6 Å². The highest BCUT2D eigenvalue weighted by molar-refractivity contribution is 8.01. The first-order valence-corrected chi connectivity index (χ1v) is 8.55. The lowest BCUT2D eigenvalue weighted by atomic mass is 9.92. The first-order valence-electron chi connectivity index (χ1n) is 7.56. The minimum absolute atomic E-state index is 0.0512. The molecule has 2 aliphatic heterocycles. The third kappa shape index (κ3) is 2.98. The lowest BCUT2D eigenvalue weighted by Crippen LogP contribution is -2.60. The molecule has 2 fully saturated rings. The molecule has 4 heterocycles. The van der Waals surface area contributed by atoms with Gasteiger partial charge in [-0.05, 0) is 18.1 Å². The van der Waals surface area contributed by atoms with Crippen molar-refractivity contribution in [2.75, 3.05) is 18.8 Å². The number of amides is 1. The zero-order chi connectivity index (χ0) is 15.7. The summed E-state index contributed by atoms with van der Waals surface area (Å²) in [5.74, 6) is 0.927. The molecule has 0 radical (unpaired) electrons. The minimum Gasteiger partial charge on any atom is -0.451 e. The molecule has 2 saturated heterocycles. The number of likely N-dealkylation sites (tertiary alicyclic amines) is 1. The zero-order valence-corrected chi connectivity index (χ0v) is 13.4. The van der Waals surface area contributed by atoms with Crippen molar-refractivity contribution in [3.05, 3.63) is 48.4 Å². The second kappa shape index (κ2) is 5.98. The molecule has 2 aromatic heterocycles. The van der Waals surface area contributed by atoms with Crippen molar-refractivity contribution in [1.29, 1.82) is 0 Å².